The van der Waals surface area contributed by atoms with Gasteiger partial charge < -0.3 is 4.42 Å². The fourth-order valence-corrected chi connectivity index (χ4v) is 6.71. The highest BCUT2D eigenvalue weighted by Gasteiger charge is 2.16. The molecule has 0 atom stereocenters. The van der Waals surface area contributed by atoms with Crippen LogP contribution in [0, 0.1) is 0 Å². The van der Waals surface area contributed by atoms with E-state index in [1.807, 2.05) is 12.1 Å². The number of rotatable bonds is 1. The molecule has 1 heteroatoms. The maximum absolute atomic E-state index is 6.10. The third-order valence-electron chi connectivity index (χ3n) is 8.42. The summed E-state index contributed by atoms with van der Waals surface area (Å²) in [6.07, 6.45) is 0. The molecule has 0 saturated heterocycles. The summed E-state index contributed by atoms with van der Waals surface area (Å²) < 4.78 is 6.10. The van der Waals surface area contributed by atoms with Gasteiger partial charge in [0.2, 0.25) is 0 Å². The quantitative estimate of drug-likeness (QED) is 0.207. The number of benzene rings is 8. The van der Waals surface area contributed by atoms with Gasteiger partial charge in [0.15, 0.2) is 0 Å². The van der Waals surface area contributed by atoms with Crippen LogP contribution in [0.25, 0.3) is 86.9 Å². The van der Waals surface area contributed by atoms with E-state index < -0.39 is 0 Å². The summed E-state index contributed by atoms with van der Waals surface area (Å²) in [4.78, 5) is 0. The molecule has 0 amide bonds. The lowest BCUT2D eigenvalue weighted by Crippen LogP contribution is -1.89. The molecule has 0 spiro atoms. The largest absolute Gasteiger partial charge is 0.456 e. The Hall–Kier alpha value is -5.14. The van der Waals surface area contributed by atoms with Crippen molar-refractivity contribution < 1.29 is 4.42 Å². The van der Waals surface area contributed by atoms with E-state index in [-0.39, 0.29) is 0 Å². The predicted molar refractivity (Wildman–Crippen MR) is 167 cm³/mol. The molecule has 0 bridgehead atoms. The van der Waals surface area contributed by atoms with Crippen molar-refractivity contribution in [2.24, 2.45) is 0 Å². The Labute approximate surface area is 224 Å². The summed E-state index contributed by atoms with van der Waals surface area (Å²) in [5, 5.41) is 15.4. The molecule has 0 saturated carbocycles. The van der Waals surface area contributed by atoms with E-state index in [9.17, 15) is 0 Å². The van der Waals surface area contributed by atoms with Crippen molar-refractivity contribution in [1.29, 1.82) is 0 Å². The van der Waals surface area contributed by atoms with Crippen molar-refractivity contribution in [2.45, 2.75) is 0 Å². The second-order valence-electron chi connectivity index (χ2n) is 10.5. The van der Waals surface area contributed by atoms with Crippen LogP contribution in [0.5, 0.6) is 0 Å². The maximum atomic E-state index is 6.10. The first-order chi connectivity index (χ1) is 19.3. The Bertz CT molecular complexity index is 2440. The van der Waals surface area contributed by atoms with E-state index in [4.69, 9.17) is 4.42 Å². The van der Waals surface area contributed by atoms with Gasteiger partial charge in [0.1, 0.15) is 11.2 Å². The number of para-hydroxylation sites is 1. The zero-order chi connectivity index (χ0) is 25.5. The van der Waals surface area contributed by atoms with Crippen molar-refractivity contribution in [3.63, 3.8) is 0 Å². The first-order valence-corrected chi connectivity index (χ1v) is 13.4. The molecule has 0 fully saturated rings. The van der Waals surface area contributed by atoms with Gasteiger partial charge in [-0.15, -0.1) is 0 Å². The minimum Gasteiger partial charge on any atom is -0.456 e. The van der Waals surface area contributed by atoms with Gasteiger partial charge in [-0.2, -0.15) is 0 Å². The molecular weight excluding hydrogens is 472 g/mol. The van der Waals surface area contributed by atoms with Crippen molar-refractivity contribution >= 4 is 75.8 Å². The van der Waals surface area contributed by atoms with E-state index in [0.717, 1.165) is 21.9 Å². The molecule has 8 aromatic carbocycles. The van der Waals surface area contributed by atoms with Gasteiger partial charge in [0, 0.05) is 10.8 Å². The van der Waals surface area contributed by atoms with Crippen molar-refractivity contribution in [1.82, 2.24) is 0 Å². The molecule has 0 aliphatic heterocycles. The molecule has 39 heavy (non-hydrogen) atoms. The predicted octanol–water partition coefficient (Wildman–Crippen LogP) is 11.0. The fraction of sp³-hybridized carbons (Fsp3) is 0. The summed E-state index contributed by atoms with van der Waals surface area (Å²) in [6, 6.07) is 48.4. The normalized spacial score (nSPS) is 12.1. The molecule has 0 aliphatic rings. The second-order valence-corrected chi connectivity index (χ2v) is 10.5. The average molecular weight is 495 g/mol. The third-order valence-corrected chi connectivity index (χ3v) is 8.42. The van der Waals surface area contributed by atoms with Gasteiger partial charge in [-0.05, 0) is 89.3 Å². The lowest BCUT2D eigenvalue weighted by atomic mass is 9.86. The van der Waals surface area contributed by atoms with Crippen LogP contribution in [-0.4, -0.2) is 0 Å². The third kappa shape index (κ3) is 2.85. The van der Waals surface area contributed by atoms with E-state index in [1.165, 1.54) is 65.0 Å². The minimum atomic E-state index is 0.926. The lowest BCUT2D eigenvalue weighted by Gasteiger charge is -2.17. The molecule has 1 aromatic heterocycles. The maximum Gasteiger partial charge on any atom is 0.135 e. The zero-order valence-electron chi connectivity index (χ0n) is 21.1. The second kappa shape index (κ2) is 7.69. The van der Waals surface area contributed by atoms with Crippen molar-refractivity contribution in [3.05, 3.63) is 133 Å². The van der Waals surface area contributed by atoms with Crippen LogP contribution in [0.1, 0.15) is 0 Å². The SMILES string of the molecule is c1ccc2c(c1)oc1ccc(-c3ccc4c(c3)c3ccccc3c3c5ccccc5c5ccccc5c43)cc12. The van der Waals surface area contributed by atoms with Crippen LogP contribution in [0.4, 0.5) is 0 Å². The van der Waals surface area contributed by atoms with Crippen LogP contribution in [-0.2, 0) is 0 Å². The molecule has 9 rings (SSSR count). The van der Waals surface area contributed by atoms with Crippen LogP contribution >= 0.6 is 0 Å². The first-order valence-electron chi connectivity index (χ1n) is 13.4. The Kier molecular flexibility index (Phi) is 4.11. The van der Waals surface area contributed by atoms with Gasteiger partial charge in [-0.3, -0.25) is 0 Å². The summed E-state index contributed by atoms with van der Waals surface area (Å²) in [6.45, 7) is 0. The smallest absolute Gasteiger partial charge is 0.135 e. The molecule has 0 radical (unpaired) electrons. The monoisotopic (exact) mass is 494 g/mol. The van der Waals surface area contributed by atoms with Crippen molar-refractivity contribution in [2.75, 3.05) is 0 Å². The number of furan rings is 1. The van der Waals surface area contributed by atoms with Crippen LogP contribution in [0.2, 0.25) is 0 Å². The van der Waals surface area contributed by atoms with Crippen LogP contribution in [0.3, 0.4) is 0 Å². The van der Waals surface area contributed by atoms with Gasteiger partial charge in [-0.25, -0.2) is 0 Å². The number of hydrogen-bond acceptors (Lipinski definition) is 1. The molecule has 0 N–H and O–H groups in total. The highest BCUT2D eigenvalue weighted by molar-refractivity contribution is 6.39. The average Bonchev–Trinajstić information content (AvgIpc) is 3.38. The molecule has 9 aromatic rings. The molecule has 1 heterocycles. The molecule has 180 valence electrons. The number of hydrogen-bond donors (Lipinski definition) is 0. The minimum absolute atomic E-state index is 0.926. The Balaban J connectivity index is 1.43. The number of fused-ring (bicyclic) bond motifs is 14. The zero-order valence-corrected chi connectivity index (χ0v) is 21.1. The van der Waals surface area contributed by atoms with Crippen LogP contribution in [0.15, 0.2) is 138 Å². The van der Waals surface area contributed by atoms with E-state index >= 15 is 0 Å². The fourth-order valence-electron chi connectivity index (χ4n) is 6.71. The molecule has 1 nitrogen and oxygen atoms in total. The van der Waals surface area contributed by atoms with E-state index in [1.54, 1.807) is 0 Å². The summed E-state index contributed by atoms with van der Waals surface area (Å²) in [7, 11) is 0. The van der Waals surface area contributed by atoms with Crippen LogP contribution < -0.4 is 0 Å². The standard InChI is InChI=1S/C38H22O/c1-4-13-29-25(9-1)26-10-2-5-14-30(26)38-32-19-17-23(21-33(32)27-11-3-6-15-31(27)37(29)38)24-18-20-36-34(22-24)28-12-7-8-16-35(28)39-36/h1-22H. The Morgan fingerprint density at radius 2 is 0.692 bits per heavy atom. The van der Waals surface area contributed by atoms with Gasteiger partial charge in [-0.1, -0.05) is 109 Å². The topological polar surface area (TPSA) is 13.1 Å². The highest BCUT2D eigenvalue weighted by Crippen LogP contribution is 2.44. The summed E-state index contributed by atoms with van der Waals surface area (Å²) in [5.41, 5.74) is 4.27. The Morgan fingerprint density at radius 3 is 1.31 bits per heavy atom. The Morgan fingerprint density at radius 1 is 0.282 bits per heavy atom. The van der Waals surface area contributed by atoms with E-state index in [0.29, 0.717) is 0 Å². The van der Waals surface area contributed by atoms with Gasteiger partial charge in [0.25, 0.3) is 0 Å². The molecular formula is C38H22O. The molecule has 0 unspecified atom stereocenters. The van der Waals surface area contributed by atoms with Crippen molar-refractivity contribution in [3.8, 4) is 11.1 Å². The first kappa shape index (κ1) is 20.9. The van der Waals surface area contributed by atoms with Gasteiger partial charge in [0.05, 0.1) is 0 Å². The summed E-state index contributed by atoms with van der Waals surface area (Å²) >= 11 is 0. The highest BCUT2D eigenvalue weighted by atomic mass is 16.3. The lowest BCUT2D eigenvalue weighted by molar-refractivity contribution is 0.669. The molecule has 0 aliphatic carbocycles. The van der Waals surface area contributed by atoms with E-state index in [2.05, 4.69) is 121 Å². The van der Waals surface area contributed by atoms with Gasteiger partial charge >= 0.3 is 0 Å². The summed E-state index contributed by atoms with van der Waals surface area (Å²) in [5.74, 6) is 0.